The Balaban J connectivity index is 1.84. The maximum atomic E-state index is 12.6. The zero-order valence-electron chi connectivity index (χ0n) is 18.2. The minimum absolute atomic E-state index is 0.0522. The van der Waals surface area contributed by atoms with Crippen molar-refractivity contribution >= 4 is 27.9 Å². The van der Waals surface area contributed by atoms with E-state index in [1.165, 1.54) is 6.07 Å². The van der Waals surface area contributed by atoms with E-state index in [0.717, 1.165) is 25.1 Å². The van der Waals surface area contributed by atoms with Gasteiger partial charge in [0.15, 0.2) is 0 Å². The molecule has 0 amide bonds. The van der Waals surface area contributed by atoms with Crippen molar-refractivity contribution < 1.29 is 13.5 Å². The smallest absolute Gasteiger partial charge is 0.337 e. The SMILES string of the molecule is CCCCc1cc(=O)oc2nc(O/N=C(\CCC)N3CCN(S(C)=O)CC3)[nH]c(=O)c12. The Hall–Kier alpha value is -2.53. The van der Waals surface area contributed by atoms with Crippen molar-refractivity contribution in [2.45, 2.75) is 46.0 Å². The number of amidine groups is 1. The average Bonchev–Trinajstić information content (AvgIpc) is 2.74. The fourth-order valence-corrected chi connectivity index (χ4v) is 4.20. The molecule has 170 valence electrons. The molecule has 2 aromatic rings. The van der Waals surface area contributed by atoms with Crippen LogP contribution in [0, 0.1) is 0 Å². The lowest BCUT2D eigenvalue weighted by Gasteiger charge is -2.34. The van der Waals surface area contributed by atoms with Crippen LogP contribution in [0.5, 0.6) is 6.01 Å². The van der Waals surface area contributed by atoms with Gasteiger partial charge in [-0.2, -0.15) is 4.98 Å². The lowest BCUT2D eigenvalue weighted by Crippen LogP contribution is -2.49. The monoisotopic (exact) mass is 451 g/mol. The number of hydrogen-bond acceptors (Lipinski definition) is 7. The molecule has 1 aliphatic rings. The van der Waals surface area contributed by atoms with Gasteiger partial charge >= 0.3 is 11.6 Å². The number of hydrogen-bond donors (Lipinski definition) is 1. The molecule has 1 fully saturated rings. The van der Waals surface area contributed by atoms with E-state index in [1.54, 1.807) is 6.26 Å². The number of unbranched alkanes of at least 4 members (excludes halogenated alkanes) is 1. The molecule has 0 radical (unpaired) electrons. The molecule has 11 heteroatoms. The molecule has 0 saturated carbocycles. The summed E-state index contributed by atoms with van der Waals surface area (Å²) in [6.45, 7) is 6.77. The molecule has 2 aromatic heterocycles. The second kappa shape index (κ2) is 10.7. The van der Waals surface area contributed by atoms with Gasteiger partial charge in [0, 0.05) is 44.9 Å². The van der Waals surface area contributed by atoms with E-state index in [-0.39, 0.29) is 17.1 Å². The Morgan fingerprint density at radius 1 is 1.26 bits per heavy atom. The molecule has 0 aliphatic carbocycles. The normalized spacial score (nSPS) is 16.6. The van der Waals surface area contributed by atoms with Crippen molar-refractivity contribution in [2.75, 3.05) is 32.4 Å². The van der Waals surface area contributed by atoms with Crippen molar-refractivity contribution in [3.05, 3.63) is 32.4 Å². The highest BCUT2D eigenvalue weighted by Crippen LogP contribution is 2.16. The number of aryl methyl sites for hydroxylation is 1. The molecule has 0 aromatic carbocycles. The molecular weight excluding hydrogens is 422 g/mol. The minimum atomic E-state index is -0.990. The predicted molar refractivity (Wildman–Crippen MR) is 120 cm³/mol. The zero-order valence-corrected chi connectivity index (χ0v) is 19.0. The lowest BCUT2D eigenvalue weighted by molar-refractivity contribution is 0.251. The van der Waals surface area contributed by atoms with Crippen molar-refractivity contribution in [2.24, 2.45) is 5.16 Å². The third-order valence-electron chi connectivity index (χ3n) is 5.15. The molecule has 0 spiro atoms. The standard InChI is InChI=1S/C20H29N5O5S/c1-4-6-8-14-13-16(26)29-19-17(14)18(27)21-20(22-19)30-23-15(7-5-2)24-9-11-25(12-10-24)31(3)28/h13H,4-12H2,1-3H3,(H,21,22,27)/b23-15+. The van der Waals surface area contributed by atoms with Crippen LogP contribution >= 0.6 is 0 Å². The van der Waals surface area contributed by atoms with E-state index in [0.29, 0.717) is 44.6 Å². The lowest BCUT2D eigenvalue weighted by atomic mass is 10.1. The second-order valence-corrected chi connectivity index (χ2v) is 8.80. The van der Waals surface area contributed by atoms with E-state index in [1.807, 2.05) is 18.2 Å². The first kappa shape index (κ1) is 23.1. The summed E-state index contributed by atoms with van der Waals surface area (Å²) in [7, 11) is -0.990. The summed E-state index contributed by atoms with van der Waals surface area (Å²) >= 11 is 0. The Morgan fingerprint density at radius 2 is 2.00 bits per heavy atom. The van der Waals surface area contributed by atoms with Crippen LogP contribution in [0.1, 0.15) is 45.1 Å². The molecule has 1 unspecified atom stereocenters. The molecule has 1 atom stereocenters. The number of aromatic nitrogens is 2. The van der Waals surface area contributed by atoms with Crippen molar-refractivity contribution in [3.63, 3.8) is 0 Å². The number of rotatable bonds is 8. The summed E-state index contributed by atoms with van der Waals surface area (Å²) in [6, 6.07) is 1.21. The van der Waals surface area contributed by atoms with Gasteiger partial charge in [0.05, 0.1) is 11.0 Å². The predicted octanol–water partition coefficient (Wildman–Crippen LogP) is 1.62. The number of aromatic amines is 1. The number of H-pyrrole nitrogens is 1. The van der Waals surface area contributed by atoms with Gasteiger partial charge in [0.2, 0.25) is 5.71 Å². The van der Waals surface area contributed by atoms with Crippen molar-refractivity contribution in [3.8, 4) is 6.01 Å². The molecule has 3 rings (SSSR count). The highest BCUT2D eigenvalue weighted by atomic mass is 32.2. The van der Waals surface area contributed by atoms with E-state index in [2.05, 4.69) is 20.0 Å². The van der Waals surface area contributed by atoms with Gasteiger partial charge in [-0.1, -0.05) is 25.4 Å². The first-order valence-electron chi connectivity index (χ1n) is 10.6. The molecule has 31 heavy (non-hydrogen) atoms. The molecule has 10 nitrogen and oxygen atoms in total. The van der Waals surface area contributed by atoms with Gasteiger partial charge in [0.25, 0.3) is 5.56 Å². The average molecular weight is 452 g/mol. The van der Waals surface area contributed by atoms with Crippen LogP contribution in [0.4, 0.5) is 0 Å². The topological polar surface area (TPSA) is 121 Å². The van der Waals surface area contributed by atoms with E-state index in [9.17, 15) is 13.8 Å². The largest absolute Gasteiger partial charge is 0.403 e. The third kappa shape index (κ3) is 5.79. The van der Waals surface area contributed by atoms with Crippen LogP contribution in [-0.2, 0) is 17.4 Å². The summed E-state index contributed by atoms with van der Waals surface area (Å²) in [5, 5.41) is 4.48. The first-order valence-corrected chi connectivity index (χ1v) is 12.1. The van der Waals surface area contributed by atoms with E-state index in [4.69, 9.17) is 9.25 Å². The second-order valence-electron chi connectivity index (χ2n) is 7.43. The van der Waals surface area contributed by atoms with E-state index < -0.39 is 22.2 Å². The van der Waals surface area contributed by atoms with Gasteiger partial charge in [0.1, 0.15) is 11.2 Å². The van der Waals surface area contributed by atoms with Gasteiger partial charge in [-0.25, -0.2) is 13.3 Å². The molecule has 1 N–H and O–H groups in total. The molecule has 1 saturated heterocycles. The number of piperazine rings is 1. The van der Waals surface area contributed by atoms with Crippen LogP contribution in [0.2, 0.25) is 0 Å². The number of nitrogens with zero attached hydrogens (tertiary/aromatic N) is 4. The molecule has 1 aliphatic heterocycles. The highest BCUT2D eigenvalue weighted by molar-refractivity contribution is 7.81. The quantitative estimate of drug-likeness (QED) is 0.368. The summed E-state index contributed by atoms with van der Waals surface area (Å²) < 4.78 is 18.7. The zero-order chi connectivity index (χ0) is 22.4. The van der Waals surface area contributed by atoms with Crippen LogP contribution in [0.25, 0.3) is 11.1 Å². The van der Waals surface area contributed by atoms with Crippen LogP contribution in [0.15, 0.2) is 25.2 Å². The Bertz CT molecular complexity index is 1070. The van der Waals surface area contributed by atoms with Crippen LogP contribution in [0.3, 0.4) is 0 Å². The van der Waals surface area contributed by atoms with Crippen molar-refractivity contribution in [1.82, 2.24) is 19.2 Å². The Kier molecular flexibility index (Phi) is 7.97. The summed E-state index contributed by atoms with van der Waals surface area (Å²) in [5.41, 5.74) is -0.413. The van der Waals surface area contributed by atoms with Gasteiger partial charge in [-0.3, -0.25) is 9.78 Å². The number of nitrogens with one attached hydrogen (secondary N) is 1. The summed E-state index contributed by atoms with van der Waals surface area (Å²) in [4.78, 5) is 38.8. The maximum Gasteiger partial charge on any atom is 0.337 e. The van der Waals surface area contributed by atoms with Crippen LogP contribution < -0.4 is 16.0 Å². The van der Waals surface area contributed by atoms with Crippen molar-refractivity contribution in [1.29, 1.82) is 0 Å². The summed E-state index contributed by atoms with van der Waals surface area (Å²) in [6.07, 6.45) is 5.60. The van der Waals surface area contributed by atoms with Gasteiger partial charge < -0.3 is 14.2 Å². The Labute approximate surface area is 182 Å². The fourth-order valence-electron chi connectivity index (χ4n) is 3.52. The molecular formula is C20H29N5O5S. The Morgan fingerprint density at radius 3 is 2.65 bits per heavy atom. The van der Waals surface area contributed by atoms with E-state index >= 15 is 0 Å². The maximum absolute atomic E-state index is 12.6. The molecule has 3 heterocycles. The van der Waals surface area contributed by atoms with Gasteiger partial charge in [-0.05, 0) is 24.8 Å². The number of oxime groups is 1. The highest BCUT2D eigenvalue weighted by Gasteiger charge is 2.22. The summed E-state index contributed by atoms with van der Waals surface area (Å²) in [5.74, 6) is 0.727. The molecule has 0 bridgehead atoms. The van der Waals surface area contributed by atoms with Gasteiger partial charge in [-0.15, -0.1) is 0 Å². The third-order valence-corrected chi connectivity index (χ3v) is 6.25. The first-order chi connectivity index (χ1) is 14.9. The minimum Gasteiger partial charge on any atom is -0.403 e. The number of fused-ring (bicyclic) bond motifs is 1. The van der Waals surface area contributed by atoms with Crippen LogP contribution in [-0.4, -0.2) is 61.7 Å². The fraction of sp³-hybridized carbons (Fsp3) is 0.600.